The average Bonchev–Trinajstić information content (AvgIpc) is 3.31. The quantitative estimate of drug-likeness (QED) is 0.808. The van der Waals surface area contributed by atoms with Crippen LogP contribution >= 0.6 is 0 Å². The third kappa shape index (κ3) is 3.07. The fraction of sp³-hybridized carbons (Fsp3) is 0.611. The number of likely N-dealkylation sites (tertiary alicyclic amines) is 1. The lowest BCUT2D eigenvalue weighted by molar-refractivity contribution is -0.119. The molecular weight excluding hydrogens is 362 g/mol. The number of aryl methyl sites for hydroxylation is 1. The van der Waals surface area contributed by atoms with Crippen molar-refractivity contribution in [1.29, 1.82) is 0 Å². The summed E-state index contributed by atoms with van der Waals surface area (Å²) in [5.74, 6) is -0.610. The third-order valence-corrected chi connectivity index (χ3v) is 5.72. The highest BCUT2D eigenvalue weighted by atomic mass is 16.5. The van der Waals surface area contributed by atoms with E-state index in [1.54, 1.807) is 10.7 Å². The molecule has 10 heteroatoms. The summed E-state index contributed by atoms with van der Waals surface area (Å²) in [5, 5.41) is 12.5. The van der Waals surface area contributed by atoms with Crippen LogP contribution in [0.3, 0.4) is 0 Å². The van der Waals surface area contributed by atoms with E-state index in [0.29, 0.717) is 57.7 Å². The number of hydrogen-bond donors (Lipinski definition) is 1. The van der Waals surface area contributed by atoms with E-state index in [4.69, 9.17) is 10.5 Å². The highest BCUT2D eigenvalue weighted by Crippen LogP contribution is 2.33. The van der Waals surface area contributed by atoms with Crippen LogP contribution < -0.4 is 5.73 Å². The van der Waals surface area contributed by atoms with E-state index in [-0.39, 0.29) is 17.2 Å². The predicted octanol–water partition coefficient (Wildman–Crippen LogP) is 0.361. The molecule has 2 aromatic rings. The van der Waals surface area contributed by atoms with Gasteiger partial charge in [0.05, 0.1) is 30.1 Å². The smallest absolute Gasteiger partial charge is 0.276 e. The zero-order valence-corrected chi connectivity index (χ0v) is 16.2. The van der Waals surface area contributed by atoms with Crippen LogP contribution in [0, 0.1) is 0 Å². The Hall–Kier alpha value is -2.75. The molecular formula is C18H25N7O3. The van der Waals surface area contributed by atoms with Gasteiger partial charge in [-0.05, 0) is 32.3 Å². The number of rotatable bonds is 4. The van der Waals surface area contributed by atoms with Crippen molar-refractivity contribution in [3.63, 3.8) is 0 Å². The van der Waals surface area contributed by atoms with E-state index >= 15 is 0 Å². The van der Waals surface area contributed by atoms with Crippen molar-refractivity contribution in [3.8, 4) is 0 Å². The maximum atomic E-state index is 13.0. The highest BCUT2D eigenvalue weighted by molar-refractivity contribution is 5.93. The van der Waals surface area contributed by atoms with E-state index in [0.717, 1.165) is 11.4 Å². The fourth-order valence-electron chi connectivity index (χ4n) is 4.05. The number of hydrogen-bond acceptors (Lipinski definition) is 6. The summed E-state index contributed by atoms with van der Waals surface area (Å²) in [6, 6.07) is 1.68. The summed E-state index contributed by atoms with van der Waals surface area (Å²) < 4.78 is 9.73. The van der Waals surface area contributed by atoms with Gasteiger partial charge in [-0.15, -0.1) is 5.10 Å². The number of piperidine rings is 1. The largest absolute Gasteiger partial charge is 0.367 e. The standard InChI is InChI=1S/C18H25N7O3/c1-3-14-15(20-22-24(14)4-2)17(27)23-7-5-18(6-8-23)11-25-12(10-28-18)9-13(21-25)16(19)26/h9H,3-8,10-11H2,1-2H3,(H2,19,26). The highest BCUT2D eigenvalue weighted by Gasteiger charge is 2.41. The van der Waals surface area contributed by atoms with Crippen LogP contribution in [0.1, 0.15) is 59.1 Å². The molecule has 0 bridgehead atoms. The molecule has 28 heavy (non-hydrogen) atoms. The van der Waals surface area contributed by atoms with Gasteiger partial charge in [0.15, 0.2) is 5.69 Å². The van der Waals surface area contributed by atoms with Crippen molar-refractivity contribution in [2.24, 2.45) is 5.73 Å². The number of amides is 2. The van der Waals surface area contributed by atoms with Crippen LogP contribution in [0.15, 0.2) is 6.07 Å². The number of nitrogens with zero attached hydrogens (tertiary/aromatic N) is 6. The predicted molar refractivity (Wildman–Crippen MR) is 98.5 cm³/mol. The Morgan fingerprint density at radius 3 is 2.68 bits per heavy atom. The van der Waals surface area contributed by atoms with Gasteiger partial charge < -0.3 is 15.4 Å². The molecule has 2 N–H and O–H groups in total. The van der Waals surface area contributed by atoms with Gasteiger partial charge in [-0.3, -0.25) is 14.3 Å². The Balaban J connectivity index is 1.45. The Morgan fingerprint density at radius 2 is 2.04 bits per heavy atom. The van der Waals surface area contributed by atoms with Crippen LogP contribution in [-0.2, 0) is 30.9 Å². The summed E-state index contributed by atoms with van der Waals surface area (Å²) >= 11 is 0. The van der Waals surface area contributed by atoms with Crippen LogP contribution in [0.4, 0.5) is 0 Å². The second-order valence-corrected chi connectivity index (χ2v) is 7.36. The molecule has 150 valence electrons. The van der Waals surface area contributed by atoms with Gasteiger partial charge in [-0.2, -0.15) is 5.10 Å². The maximum absolute atomic E-state index is 13.0. The first-order chi connectivity index (χ1) is 13.5. The van der Waals surface area contributed by atoms with Gasteiger partial charge >= 0.3 is 0 Å². The minimum absolute atomic E-state index is 0.0713. The fourth-order valence-corrected chi connectivity index (χ4v) is 4.05. The van der Waals surface area contributed by atoms with Gasteiger partial charge in [0.1, 0.15) is 5.69 Å². The summed E-state index contributed by atoms with van der Waals surface area (Å²) in [7, 11) is 0. The molecule has 0 unspecified atom stereocenters. The number of aromatic nitrogens is 5. The monoisotopic (exact) mass is 387 g/mol. The van der Waals surface area contributed by atoms with Crippen molar-refractivity contribution in [2.75, 3.05) is 13.1 Å². The topological polar surface area (TPSA) is 121 Å². The molecule has 1 spiro atoms. The Kier molecular flexibility index (Phi) is 4.66. The molecule has 2 aliphatic rings. The molecule has 1 fully saturated rings. The summed E-state index contributed by atoms with van der Waals surface area (Å²) in [6.45, 7) is 6.80. The normalized spacial score (nSPS) is 18.3. The second kappa shape index (κ2) is 7.01. The molecule has 0 saturated carbocycles. The molecule has 10 nitrogen and oxygen atoms in total. The molecule has 0 aliphatic carbocycles. The average molecular weight is 387 g/mol. The van der Waals surface area contributed by atoms with Crippen molar-refractivity contribution in [2.45, 2.75) is 58.4 Å². The molecule has 1 saturated heterocycles. The lowest BCUT2D eigenvalue weighted by atomic mass is 9.89. The molecule has 2 amide bonds. The zero-order valence-electron chi connectivity index (χ0n) is 16.2. The second-order valence-electron chi connectivity index (χ2n) is 7.36. The number of carbonyl (C=O) groups is 2. The van der Waals surface area contributed by atoms with Crippen molar-refractivity contribution < 1.29 is 14.3 Å². The molecule has 0 radical (unpaired) electrons. The van der Waals surface area contributed by atoms with Crippen molar-refractivity contribution in [1.82, 2.24) is 29.7 Å². The first-order valence-corrected chi connectivity index (χ1v) is 9.68. The van der Waals surface area contributed by atoms with E-state index in [1.165, 1.54) is 0 Å². The van der Waals surface area contributed by atoms with Crippen LogP contribution in [0.2, 0.25) is 0 Å². The lowest BCUT2D eigenvalue weighted by Gasteiger charge is -2.43. The van der Waals surface area contributed by atoms with E-state index in [2.05, 4.69) is 15.4 Å². The number of carbonyl (C=O) groups excluding carboxylic acids is 2. The molecule has 4 heterocycles. The van der Waals surface area contributed by atoms with E-state index < -0.39 is 5.91 Å². The Labute approximate surface area is 162 Å². The summed E-state index contributed by atoms with van der Waals surface area (Å²) in [6.07, 6.45) is 2.12. The SMILES string of the molecule is CCc1c(C(=O)N2CCC3(CC2)Cn2nc(C(N)=O)cc2CO3)nnn1CC. The van der Waals surface area contributed by atoms with Crippen LogP contribution in [-0.4, -0.2) is 60.2 Å². The maximum Gasteiger partial charge on any atom is 0.276 e. The number of nitrogens with two attached hydrogens (primary N) is 1. The van der Waals surface area contributed by atoms with E-state index in [9.17, 15) is 9.59 Å². The summed E-state index contributed by atoms with van der Waals surface area (Å²) in [4.78, 5) is 26.1. The first kappa shape index (κ1) is 18.6. The Morgan fingerprint density at radius 1 is 1.29 bits per heavy atom. The van der Waals surface area contributed by atoms with E-state index in [1.807, 2.05) is 23.4 Å². The number of ether oxygens (including phenoxy) is 1. The van der Waals surface area contributed by atoms with Crippen molar-refractivity contribution in [3.05, 3.63) is 28.8 Å². The zero-order chi connectivity index (χ0) is 19.9. The molecule has 0 aromatic carbocycles. The van der Waals surface area contributed by atoms with Crippen LogP contribution in [0.5, 0.6) is 0 Å². The van der Waals surface area contributed by atoms with Crippen LogP contribution in [0.25, 0.3) is 0 Å². The number of fused-ring (bicyclic) bond motifs is 1. The van der Waals surface area contributed by atoms with Gasteiger partial charge in [-0.25, -0.2) is 4.68 Å². The van der Waals surface area contributed by atoms with Crippen molar-refractivity contribution >= 4 is 11.8 Å². The first-order valence-electron chi connectivity index (χ1n) is 9.68. The van der Waals surface area contributed by atoms with Gasteiger partial charge in [-0.1, -0.05) is 12.1 Å². The van der Waals surface area contributed by atoms with Gasteiger partial charge in [0, 0.05) is 19.6 Å². The molecule has 4 rings (SSSR count). The lowest BCUT2D eigenvalue weighted by Crippen LogP contribution is -2.52. The minimum Gasteiger partial charge on any atom is -0.367 e. The number of primary amides is 1. The molecule has 0 atom stereocenters. The molecule has 2 aromatic heterocycles. The third-order valence-electron chi connectivity index (χ3n) is 5.72. The minimum atomic E-state index is -0.539. The van der Waals surface area contributed by atoms with Gasteiger partial charge in [0.2, 0.25) is 0 Å². The Bertz CT molecular complexity index is 908. The van der Waals surface area contributed by atoms with Gasteiger partial charge in [0.25, 0.3) is 11.8 Å². The summed E-state index contributed by atoms with van der Waals surface area (Å²) in [5.41, 5.74) is 7.38. The molecule has 2 aliphatic heterocycles.